The highest BCUT2D eigenvalue weighted by molar-refractivity contribution is 5.70. The highest BCUT2D eigenvalue weighted by Gasteiger charge is 2.09. The third-order valence-electron chi connectivity index (χ3n) is 1.62. The second-order valence-corrected chi connectivity index (χ2v) is 2.89. The van der Waals surface area contributed by atoms with Gasteiger partial charge >= 0.3 is 12.6 Å². The van der Waals surface area contributed by atoms with Gasteiger partial charge in [-0.25, -0.2) is 4.39 Å². The molecule has 0 saturated heterocycles. The van der Waals surface area contributed by atoms with Gasteiger partial charge in [-0.15, -0.1) is 0 Å². The van der Waals surface area contributed by atoms with E-state index in [-0.39, 0.29) is 5.56 Å². The first-order valence-electron chi connectivity index (χ1n) is 4.44. The van der Waals surface area contributed by atoms with Crippen molar-refractivity contribution in [2.45, 2.75) is 13.0 Å². The molecular weight excluding hydrogens is 237 g/mol. The molecule has 1 aromatic carbocycles. The first-order chi connectivity index (χ1) is 7.99. The lowest BCUT2D eigenvalue weighted by atomic mass is 10.2. The minimum atomic E-state index is -3.10. The number of carbonyl (C=O) groups is 1. The Morgan fingerprint density at radius 2 is 2.18 bits per heavy atom. The molecule has 17 heavy (non-hydrogen) atoms. The largest absolute Gasteiger partial charge is 0.481 e. The molecule has 0 saturated carbocycles. The maximum atomic E-state index is 12.8. The molecule has 0 unspecified atom stereocenters. The van der Waals surface area contributed by atoms with Crippen molar-refractivity contribution < 1.29 is 27.8 Å². The molecule has 0 atom stereocenters. The van der Waals surface area contributed by atoms with Crippen LogP contribution in [0.1, 0.15) is 12.0 Å². The maximum Gasteiger partial charge on any atom is 0.387 e. The number of benzene rings is 1. The topological polar surface area (TPSA) is 46.5 Å². The Kier molecular flexibility index (Phi) is 4.40. The van der Waals surface area contributed by atoms with Crippen molar-refractivity contribution in [1.29, 1.82) is 0 Å². The van der Waals surface area contributed by atoms with Gasteiger partial charge in [0.25, 0.3) is 0 Å². The van der Waals surface area contributed by atoms with E-state index < -0.39 is 30.6 Å². The quantitative estimate of drug-likeness (QED) is 0.829. The average Bonchev–Trinajstić information content (AvgIpc) is 2.20. The van der Waals surface area contributed by atoms with Gasteiger partial charge in [0.15, 0.2) is 0 Å². The Morgan fingerprint density at radius 1 is 1.47 bits per heavy atom. The lowest BCUT2D eigenvalue weighted by molar-refractivity contribution is -0.135. The Bertz CT molecular complexity index is 475. The summed E-state index contributed by atoms with van der Waals surface area (Å²) in [5, 5.41) is 8.34. The van der Waals surface area contributed by atoms with Crippen LogP contribution in [0.5, 0.6) is 5.75 Å². The van der Waals surface area contributed by atoms with Crippen molar-refractivity contribution in [2.24, 2.45) is 0 Å². The van der Waals surface area contributed by atoms with Crippen LogP contribution in [0.4, 0.5) is 13.2 Å². The Morgan fingerprint density at radius 3 is 2.76 bits per heavy atom. The predicted octanol–water partition coefficient (Wildman–Crippen LogP) is 2.25. The Balaban J connectivity index is 2.96. The van der Waals surface area contributed by atoms with Crippen LogP contribution in [0.3, 0.4) is 0 Å². The molecule has 0 amide bonds. The van der Waals surface area contributed by atoms with Crippen molar-refractivity contribution in [3.8, 4) is 17.6 Å². The van der Waals surface area contributed by atoms with Crippen LogP contribution >= 0.6 is 0 Å². The number of halogens is 3. The minimum Gasteiger partial charge on any atom is -0.481 e. The summed E-state index contributed by atoms with van der Waals surface area (Å²) in [6.45, 7) is -3.10. The molecule has 1 rings (SSSR count). The monoisotopic (exact) mass is 244 g/mol. The molecule has 0 heterocycles. The molecule has 0 aliphatic heterocycles. The molecule has 0 aliphatic rings. The molecule has 0 radical (unpaired) electrons. The lowest BCUT2D eigenvalue weighted by Crippen LogP contribution is -2.03. The van der Waals surface area contributed by atoms with Crippen LogP contribution in [0.15, 0.2) is 18.2 Å². The fourth-order valence-electron chi connectivity index (χ4n) is 1.01. The highest BCUT2D eigenvalue weighted by atomic mass is 19.3. The number of ether oxygens (including phenoxy) is 1. The molecule has 3 nitrogen and oxygen atoms in total. The van der Waals surface area contributed by atoms with Crippen molar-refractivity contribution in [1.82, 2.24) is 0 Å². The number of carboxylic acids is 1. The number of alkyl halides is 2. The van der Waals surface area contributed by atoms with Crippen LogP contribution in [-0.4, -0.2) is 17.7 Å². The normalized spacial score (nSPS) is 9.65. The summed E-state index contributed by atoms with van der Waals surface area (Å²) in [6, 6.07) is 2.92. The van der Waals surface area contributed by atoms with E-state index in [0.717, 1.165) is 18.2 Å². The van der Waals surface area contributed by atoms with E-state index >= 15 is 0 Å². The number of rotatable bonds is 3. The van der Waals surface area contributed by atoms with E-state index in [1.54, 1.807) is 0 Å². The van der Waals surface area contributed by atoms with Crippen molar-refractivity contribution in [3.63, 3.8) is 0 Å². The summed E-state index contributed by atoms with van der Waals surface area (Å²) in [7, 11) is 0. The summed E-state index contributed by atoms with van der Waals surface area (Å²) in [4.78, 5) is 10.2. The van der Waals surface area contributed by atoms with Crippen LogP contribution in [0, 0.1) is 17.7 Å². The minimum absolute atomic E-state index is 0.00736. The number of aliphatic carboxylic acids is 1. The first kappa shape index (κ1) is 12.9. The van der Waals surface area contributed by atoms with Gasteiger partial charge in [-0.05, 0) is 12.1 Å². The second kappa shape index (κ2) is 5.80. The van der Waals surface area contributed by atoms with Gasteiger partial charge in [0.05, 0.1) is 5.56 Å². The molecule has 0 aliphatic carbocycles. The van der Waals surface area contributed by atoms with Gasteiger partial charge in [0.1, 0.15) is 18.0 Å². The summed E-state index contributed by atoms with van der Waals surface area (Å²) < 4.78 is 40.8. The fourth-order valence-corrected chi connectivity index (χ4v) is 1.01. The van der Waals surface area contributed by atoms with E-state index in [4.69, 9.17) is 5.11 Å². The van der Waals surface area contributed by atoms with Crippen LogP contribution in [0.25, 0.3) is 0 Å². The van der Waals surface area contributed by atoms with E-state index in [0.29, 0.717) is 0 Å². The zero-order valence-corrected chi connectivity index (χ0v) is 8.41. The van der Waals surface area contributed by atoms with Gasteiger partial charge in [0, 0.05) is 6.07 Å². The second-order valence-electron chi connectivity index (χ2n) is 2.89. The molecular formula is C11H7F3O3. The first-order valence-corrected chi connectivity index (χ1v) is 4.44. The van der Waals surface area contributed by atoms with E-state index in [2.05, 4.69) is 16.6 Å². The molecule has 90 valence electrons. The zero-order chi connectivity index (χ0) is 12.8. The summed E-state index contributed by atoms with van der Waals surface area (Å²) in [5.74, 6) is 2.25. The molecule has 0 spiro atoms. The Hall–Kier alpha value is -2.16. The van der Waals surface area contributed by atoms with Crippen molar-refractivity contribution in [2.75, 3.05) is 0 Å². The van der Waals surface area contributed by atoms with E-state index in [1.807, 2.05) is 0 Å². The molecule has 0 aromatic heterocycles. The SMILES string of the molecule is O=C(O)CC#Cc1ccc(F)cc1OC(F)F. The lowest BCUT2D eigenvalue weighted by Gasteiger charge is -2.06. The zero-order valence-electron chi connectivity index (χ0n) is 8.41. The third kappa shape index (κ3) is 4.47. The van der Waals surface area contributed by atoms with Crippen LogP contribution in [0.2, 0.25) is 0 Å². The molecule has 1 N–H and O–H groups in total. The van der Waals surface area contributed by atoms with Crippen LogP contribution in [-0.2, 0) is 4.79 Å². The van der Waals surface area contributed by atoms with E-state index in [9.17, 15) is 18.0 Å². The van der Waals surface area contributed by atoms with Gasteiger partial charge in [0.2, 0.25) is 0 Å². The van der Waals surface area contributed by atoms with Gasteiger partial charge in [-0.3, -0.25) is 4.79 Å². The third-order valence-corrected chi connectivity index (χ3v) is 1.62. The molecule has 0 fully saturated rings. The number of hydrogen-bond acceptors (Lipinski definition) is 2. The summed E-state index contributed by atoms with van der Waals surface area (Å²) in [5.41, 5.74) is 0.00736. The molecule has 1 aromatic rings. The number of hydrogen-bond donors (Lipinski definition) is 1. The summed E-state index contributed by atoms with van der Waals surface area (Å²) in [6.07, 6.45) is -0.439. The highest BCUT2D eigenvalue weighted by Crippen LogP contribution is 2.21. The van der Waals surface area contributed by atoms with Crippen molar-refractivity contribution >= 4 is 5.97 Å². The van der Waals surface area contributed by atoms with Crippen LogP contribution < -0.4 is 4.74 Å². The fraction of sp³-hybridized carbons (Fsp3) is 0.182. The van der Waals surface area contributed by atoms with Gasteiger partial charge in [-0.2, -0.15) is 8.78 Å². The van der Waals surface area contributed by atoms with Crippen molar-refractivity contribution in [3.05, 3.63) is 29.6 Å². The standard InChI is InChI=1S/C11H7F3O3/c12-8-5-4-7(2-1-3-10(15)16)9(6-8)17-11(13)14/h4-6,11H,3H2,(H,15,16). The molecule has 6 heteroatoms. The Labute approximate surface area is 94.8 Å². The average molecular weight is 244 g/mol. The summed E-state index contributed by atoms with van der Waals surface area (Å²) >= 11 is 0. The predicted molar refractivity (Wildman–Crippen MR) is 52.2 cm³/mol. The van der Waals surface area contributed by atoms with E-state index in [1.165, 1.54) is 0 Å². The smallest absolute Gasteiger partial charge is 0.387 e. The maximum absolute atomic E-state index is 12.8. The molecule has 0 bridgehead atoms. The van der Waals surface area contributed by atoms with Gasteiger partial charge < -0.3 is 9.84 Å². The number of carboxylic acid groups (broad SMARTS) is 1. The van der Waals surface area contributed by atoms with Gasteiger partial charge in [-0.1, -0.05) is 11.8 Å².